The molecule has 1 fully saturated rings. The lowest BCUT2D eigenvalue weighted by Crippen LogP contribution is -2.41. The molecule has 5 atom stereocenters. The van der Waals surface area contributed by atoms with Gasteiger partial charge in [-0.1, -0.05) is 26.7 Å². The van der Waals surface area contributed by atoms with E-state index in [9.17, 15) is 15.0 Å². The van der Waals surface area contributed by atoms with Crippen molar-refractivity contribution in [1.82, 2.24) is 0 Å². The van der Waals surface area contributed by atoms with E-state index in [4.69, 9.17) is 16.6 Å². The second-order valence-electron chi connectivity index (χ2n) is 5.44. The molecule has 1 aliphatic carbocycles. The predicted octanol–water partition coefficient (Wildman–Crippen LogP) is -0.493. The zero-order valence-corrected chi connectivity index (χ0v) is 11.9. The van der Waals surface area contributed by atoms with E-state index in [2.05, 4.69) is 4.99 Å². The summed E-state index contributed by atoms with van der Waals surface area (Å²) in [6.45, 7) is 3.89. The molecule has 0 heterocycles. The number of aliphatic hydroxyl groups excluding tert-OH is 2. The Hall–Kier alpha value is -1.34. The molecule has 0 saturated heterocycles. The number of hydrogen-bond acceptors (Lipinski definition) is 4. The second-order valence-corrected chi connectivity index (χ2v) is 5.44. The van der Waals surface area contributed by atoms with Gasteiger partial charge < -0.3 is 26.8 Å². The standard InChI is InChI=1S/C13H25N3O4/c1-3-6(4-2)10(17)9-8(16-13(14)15)5-7(11(9)18)12(19)20/h6-11,17-18H,3-5H2,1-2H3,(H,19,20)(H4,14,15,16)/t7-,8+,9?,10?,11+/m0/s1. The lowest BCUT2D eigenvalue weighted by atomic mass is 9.83. The van der Waals surface area contributed by atoms with Gasteiger partial charge in [-0.15, -0.1) is 0 Å². The van der Waals surface area contributed by atoms with Crippen molar-refractivity contribution in [1.29, 1.82) is 0 Å². The molecule has 0 aromatic carbocycles. The molecule has 7 nitrogen and oxygen atoms in total. The molecule has 0 aromatic rings. The lowest BCUT2D eigenvalue weighted by Gasteiger charge is -2.30. The Kier molecular flexibility index (Phi) is 5.76. The minimum atomic E-state index is -1.14. The Bertz CT molecular complexity index is 367. The Morgan fingerprint density at radius 1 is 1.35 bits per heavy atom. The van der Waals surface area contributed by atoms with Gasteiger partial charge in [0.15, 0.2) is 5.96 Å². The number of nitrogens with two attached hydrogens (primary N) is 2. The molecule has 7 heteroatoms. The molecule has 2 unspecified atom stereocenters. The zero-order chi connectivity index (χ0) is 15.4. The summed E-state index contributed by atoms with van der Waals surface area (Å²) in [5.74, 6) is -2.86. The third kappa shape index (κ3) is 3.40. The summed E-state index contributed by atoms with van der Waals surface area (Å²) in [4.78, 5) is 15.2. The Balaban J connectivity index is 3.03. The van der Waals surface area contributed by atoms with Gasteiger partial charge in [0.05, 0.1) is 24.2 Å². The van der Waals surface area contributed by atoms with Crippen LogP contribution in [0.4, 0.5) is 0 Å². The number of carboxylic acids is 1. The fourth-order valence-corrected chi connectivity index (χ4v) is 3.15. The van der Waals surface area contributed by atoms with Crippen molar-refractivity contribution < 1.29 is 20.1 Å². The lowest BCUT2D eigenvalue weighted by molar-refractivity contribution is -0.145. The zero-order valence-electron chi connectivity index (χ0n) is 11.9. The summed E-state index contributed by atoms with van der Waals surface area (Å²) in [5.41, 5.74) is 10.7. The Morgan fingerprint density at radius 2 is 1.90 bits per heavy atom. The van der Waals surface area contributed by atoms with Crippen molar-refractivity contribution in [3.05, 3.63) is 0 Å². The second kappa shape index (κ2) is 6.90. The number of aliphatic hydroxyl groups is 2. The van der Waals surface area contributed by atoms with Gasteiger partial charge in [-0.3, -0.25) is 4.79 Å². The molecule has 0 spiro atoms. The van der Waals surface area contributed by atoms with Crippen molar-refractivity contribution in [3.8, 4) is 0 Å². The van der Waals surface area contributed by atoms with Crippen LogP contribution < -0.4 is 11.5 Å². The number of rotatable bonds is 6. The summed E-state index contributed by atoms with van der Waals surface area (Å²) in [6.07, 6.45) is -0.343. The maximum Gasteiger partial charge on any atom is 0.309 e. The molecule has 20 heavy (non-hydrogen) atoms. The van der Waals surface area contributed by atoms with Gasteiger partial charge in [0.25, 0.3) is 0 Å². The van der Waals surface area contributed by atoms with Crippen LogP contribution in [0.2, 0.25) is 0 Å². The number of nitrogens with zero attached hydrogens (tertiary/aromatic N) is 1. The molecule has 0 amide bonds. The first kappa shape index (κ1) is 16.7. The van der Waals surface area contributed by atoms with Crippen molar-refractivity contribution in [2.24, 2.45) is 34.2 Å². The minimum absolute atomic E-state index is 0.0149. The third-order valence-corrected chi connectivity index (χ3v) is 4.30. The first-order valence-corrected chi connectivity index (χ1v) is 7.01. The normalized spacial score (nSPS) is 31.2. The SMILES string of the molecule is CCC(CC)C(O)C1[C@H](N=C(N)N)C[C@H](C(=O)O)[C@H]1O. The average Bonchev–Trinajstić information content (AvgIpc) is 2.66. The topological polar surface area (TPSA) is 142 Å². The van der Waals surface area contributed by atoms with E-state index >= 15 is 0 Å². The maximum atomic E-state index is 11.2. The smallest absolute Gasteiger partial charge is 0.309 e. The van der Waals surface area contributed by atoms with E-state index in [-0.39, 0.29) is 18.3 Å². The van der Waals surface area contributed by atoms with E-state index in [1.54, 1.807) is 0 Å². The molecular weight excluding hydrogens is 262 g/mol. The molecular formula is C13H25N3O4. The summed E-state index contributed by atoms with van der Waals surface area (Å²) >= 11 is 0. The van der Waals surface area contributed by atoms with Crippen molar-refractivity contribution in [3.63, 3.8) is 0 Å². The van der Waals surface area contributed by atoms with Crippen LogP contribution in [0.5, 0.6) is 0 Å². The van der Waals surface area contributed by atoms with Crippen LogP contribution in [0.25, 0.3) is 0 Å². The van der Waals surface area contributed by atoms with E-state index in [1.165, 1.54) is 0 Å². The van der Waals surface area contributed by atoms with Crippen molar-refractivity contribution in [2.75, 3.05) is 0 Å². The maximum absolute atomic E-state index is 11.2. The predicted molar refractivity (Wildman–Crippen MR) is 74.9 cm³/mol. The van der Waals surface area contributed by atoms with E-state index in [0.29, 0.717) is 0 Å². The average molecular weight is 287 g/mol. The number of guanidine groups is 1. The first-order valence-electron chi connectivity index (χ1n) is 7.01. The largest absolute Gasteiger partial charge is 0.481 e. The van der Waals surface area contributed by atoms with Gasteiger partial charge in [-0.2, -0.15) is 0 Å². The van der Waals surface area contributed by atoms with E-state index in [0.717, 1.165) is 12.8 Å². The minimum Gasteiger partial charge on any atom is -0.481 e. The molecule has 0 bridgehead atoms. The summed E-state index contributed by atoms with van der Waals surface area (Å²) in [6, 6.07) is -0.563. The van der Waals surface area contributed by atoms with Gasteiger partial charge >= 0.3 is 5.97 Å². The summed E-state index contributed by atoms with van der Waals surface area (Å²) in [5, 5.41) is 29.8. The molecule has 0 aliphatic heterocycles. The number of aliphatic carboxylic acids is 1. The highest BCUT2D eigenvalue weighted by Gasteiger charge is 2.50. The molecule has 1 saturated carbocycles. The monoisotopic (exact) mass is 287 g/mol. The Labute approximate surface area is 118 Å². The summed E-state index contributed by atoms with van der Waals surface area (Å²) in [7, 11) is 0. The quantitative estimate of drug-likeness (QED) is 0.329. The van der Waals surface area contributed by atoms with Gasteiger partial charge in [-0.25, -0.2) is 4.99 Å². The molecule has 0 aromatic heterocycles. The molecule has 1 aliphatic rings. The molecule has 7 N–H and O–H groups in total. The first-order chi connectivity index (χ1) is 9.33. The molecule has 116 valence electrons. The Morgan fingerprint density at radius 3 is 2.30 bits per heavy atom. The van der Waals surface area contributed by atoms with Crippen LogP contribution >= 0.6 is 0 Å². The van der Waals surface area contributed by atoms with Crippen LogP contribution in [0.15, 0.2) is 4.99 Å². The van der Waals surface area contributed by atoms with Crippen molar-refractivity contribution in [2.45, 2.75) is 51.4 Å². The highest BCUT2D eigenvalue weighted by Crippen LogP contribution is 2.39. The van der Waals surface area contributed by atoms with Gasteiger partial charge in [0.1, 0.15) is 0 Å². The molecule has 1 rings (SSSR count). The fourth-order valence-electron chi connectivity index (χ4n) is 3.15. The molecule has 0 radical (unpaired) electrons. The number of carbonyl (C=O) groups is 1. The fraction of sp³-hybridized carbons (Fsp3) is 0.846. The van der Waals surface area contributed by atoms with E-state index in [1.807, 2.05) is 13.8 Å². The van der Waals surface area contributed by atoms with Crippen LogP contribution in [0.3, 0.4) is 0 Å². The van der Waals surface area contributed by atoms with E-state index < -0.39 is 36.1 Å². The van der Waals surface area contributed by atoms with Crippen LogP contribution in [0.1, 0.15) is 33.1 Å². The number of carboxylic acid groups (broad SMARTS) is 1. The number of aliphatic imine (C=N–C) groups is 1. The highest BCUT2D eigenvalue weighted by atomic mass is 16.4. The van der Waals surface area contributed by atoms with Gasteiger partial charge in [0.2, 0.25) is 0 Å². The van der Waals surface area contributed by atoms with Gasteiger partial charge in [-0.05, 0) is 12.3 Å². The third-order valence-electron chi connectivity index (χ3n) is 4.30. The highest BCUT2D eigenvalue weighted by molar-refractivity contribution is 5.76. The van der Waals surface area contributed by atoms with Crippen LogP contribution in [-0.2, 0) is 4.79 Å². The van der Waals surface area contributed by atoms with Crippen molar-refractivity contribution >= 4 is 11.9 Å². The van der Waals surface area contributed by atoms with Crippen LogP contribution in [0, 0.1) is 17.8 Å². The van der Waals surface area contributed by atoms with Gasteiger partial charge in [0, 0.05) is 5.92 Å². The number of hydrogen-bond donors (Lipinski definition) is 5. The summed E-state index contributed by atoms with van der Waals surface area (Å²) < 4.78 is 0. The van der Waals surface area contributed by atoms with Crippen LogP contribution in [-0.4, -0.2) is 45.5 Å².